The molecule has 1 atom stereocenters. The first-order valence-electron chi connectivity index (χ1n) is 6.68. The Morgan fingerprint density at radius 1 is 1.21 bits per heavy atom. The summed E-state index contributed by atoms with van der Waals surface area (Å²) < 4.78 is 0. The second-order valence-electron chi connectivity index (χ2n) is 6.19. The summed E-state index contributed by atoms with van der Waals surface area (Å²) in [5.41, 5.74) is 8.80. The highest BCUT2D eigenvalue weighted by atomic mass is 32.1. The molecular weight excluding hydrogens is 252 g/mol. The molecule has 0 spiro atoms. The molecule has 1 unspecified atom stereocenters. The maximum Gasteiger partial charge on any atom is 0.0933 e. The number of rotatable bonds is 4. The van der Waals surface area contributed by atoms with Gasteiger partial charge in [0, 0.05) is 24.3 Å². The number of hydrogen-bond donors (Lipinski definition) is 1. The van der Waals surface area contributed by atoms with Crippen LogP contribution in [0.5, 0.6) is 0 Å². The Balaban J connectivity index is 2.00. The molecule has 1 heterocycles. The highest BCUT2D eigenvalue weighted by Gasteiger charge is 2.15. The summed E-state index contributed by atoms with van der Waals surface area (Å²) in [7, 11) is 0. The number of thiazole rings is 1. The molecule has 19 heavy (non-hydrogen) atoms. The normalized spacial score (nSPS) is 13.5. The minimum absolute atomic E-state index is 0.0331. The van der Waals surface area contributed by atoms with E-state index in [0.29, 0.717) is 0 Å². The number of aromatic nitrogens is 1. The lowest BCUT2D eigenvalue weighted by molar-refractivity contribution is 0.410. The van der Waals surface area contributed by atoms with E-state index < -0.39 is 0 Å². The fourth-order valence-corrected chi connectivity index (χ4v) is 3.13. The van der Waals surface area contributed by atoms with Crippen molar-refractivity contribution in [2.45, 2.75) is 39.7 Å². The topological polar surface area (TPSA) is 38.9 Å². The smallest absolute Gasteiger partial charge is 0.0933 e. The SMILES string of the molecule is CC(C)(C)Cc1nc(CC(N)c2ccccc2)cs1. The summed E-state index contributed by atoms with van der Waals surface area (Å²) in [5, 5.41) is 3.35. The molecular formula is C16H22N2S. The Hall–Kier alpha value is -1.19. The van der Waals surface area contributed by atoms with Crippen molar-refractivity contribution in [3.8, 4) is 0 Å². The maximum atomic E-state index is 6.23. The van der Waals surface area contributed by atoms with Crippen LogP contribution in [0.25, 0.3) is 0 Å². The van der Waals surface area contributed by atoms with Crippen LogP contribution in [0.15, 0.2) is 35.7 Å². The van der Waals surface area contributed by atoms with Crippen LogP contribution in [0.3, 0.4) is 0 Å². The second kappa shape index (κ2) is 5.85. The average molecular weight is 274 g/mol. The zero-order valence-electron chi connectivity index (χ0n) is 11.9. The lowest BCUT2D eigenvalue weighted by atomic mass is 9.93. The molecule has 0 amide bonds. The lowest BCUT2D eigenvalue weighted by Gasteiger charge is -2.15. The highest BCUT2D eigenvalue weighted by Crippen LogP contribution is 2.24. The third-order valence-electron chi connectivity index (χ3n) is 2.94. The third kappa shape index (κ3) is 4.44. The van der Waals surface area contributed by atoms with E-state index in [1.807, 2.05) is 18.2 Å². The standard InChI is InChI=1S/C16H22N2S/c1-16(2,3)10-15-18-13(11-19-15)9-14(17)12-7-5-4-6-8-12/h4-8,11,14H,9-10,17H2,1-3H3. The van der Waals surface area contributed by atoms with Crippen LogP contribution in [-0.4, -0.2) is 4.98 Å². The van der Waals surface area contributed by atoms with Crippen molar-refractivity contribution >= 4 is 11.3 Å². The highest BCUT2D eigenvalue weighted by molar-refractivity contribution is 7.09. The Labute approximate surface area is 119 Å². The Bertz CT molecular complexity index is 511. The zero-order chi connectivity index (χ0) is 13.9. The minimum atomic E-state index is 0.0331. The molecule has 2 N–H and O–H groups in total. The monoisotopic (exact) mass is 274 g/mol. The molecule has 0 bridgehead atoms. The first-order valence-corrected chi connectivity index (χ1v) is 7.56. The third-order valence-corrected chi connectivity index (χ3v) is 3.84. The second-order valence-corrected chi connectivity index (χ2v) is 7.13. The quantitative estimate of drug-likeness (QED) is 0.916. The Morgan fingerprint density at radius 3 is 2.53 bits per heavy atom. The van der Waals surface area contributed by atoms with E-state index in [1.54, 1.807) is 11.3 Å². The van der Waals surface area contributed by atoms with Crippen LogP contribution in [0.4, 0.5) is 0 Å². The molecule has 2 nitrogen and oxygen atoms in total. The predicted octanol–water partition coefficient (Wildman–Crippen LogP) is 3.97. The van der Waals surface area contributed by atoms with Crippen molar-refractivity contribution in [2.24, 2.45) is 11.1 Å². The van der Waals surface area contributed by atoms with E-state index >= 15 is 0 Å². The van der Waals surface area contributed by atoms with Gasteiger partial charge in [0.05, 0.1) is 10.7 Å². The van der Waals surface area contributed by atoms with Crippen LogP contribution >= 0.6 is 11.3 Å². The van der Waals surface area contributed by atoms with E-state index in [1.165, 1.54) is 10.6 Å². The Morgan fingerprint density at radius 2 is 1.89 bits per heavy atom. The van der Waals surface area contributed by atoms with Gasteiger partial charge in [-0.15, -0.1) is 11.3 Å². The van der Waals surface area contributed by atoms with Crippen LogP contribution < -0.4 is 5.73 Å². The van der Waals surface area contributed by atoms with Crippen molar-refractivity contribution < 1.29 is 0 Å². The van der Waals surface area contributed by atoms with Gasteiger partial charge in [0.25, 0.3) is 0 Å². The van der Waals surface area contributed by atoms with E-state index in [0.717, 1.165) is 18.5 Å². The molecule has 0 saturated heterocycles. The molecule has 3 heteroatoms. The van der Waals surface area contributed by atoms with Gasteiger partial charge in [-0.3, -0.25) is 0 Å². The number of nitrogens with two attached hydrogens (primary N) is 1. The van der Waals surface area contributed by atoms with Gasteiger partial charge >= 0.3 is 0 Å². The summed E-state index contributed by atoms with van der Waals surface area (Å²) in [6.45, 7) is 6.72. The van der Waals surface area contributed by atoms with Gasteiger partial charge in [-0.1, -0.05) is 51.1 Å². The van der Waals surface area contributed by atoms with Gasteiger partial charge < -0.3 is 5.73 Å². The molecule has 0 aliphatic rings. The summed E-state index contributed by atoms with van der Waals surface area (Å²) in [4.78, 5) is 4.70. The van der Waals surface area contributed by atoms with Crippen molar-refractivity contribution in [3.05, 3.63) is 52.0 Å². The number of hydrogen-bond acceptors (Lipinski definition) is 3. The number of nitrogens with zero attached hydrogens (tertiary/aromatic N) is 1. The van der Waals surface area contributed by atoms with Crippen LogP contribution in [0.1, 0.15) is 43.1 Å². The molecule has 2 rings (SSSR count). The average Bonchev–Trinajstić information content (AvgIpc) is 2.75. The van der Waals surface area contributed by atoms with E-state index in [-0.39, 0.29) is 11.5 Å². The molecule has 0 aliphatic carbocycles. The Kier molecular flexibility index (Phi) is 4.38. The van der Waals surface area contributed by atoms with E-state index in [9.17, 15) is 0 Å². The van der Waals surface area contributed by atoms with Gasteiger partial charge in [0.1, 0.15) is 0 Å². The minimum Gasteiger partial charge on any atom is -0.324 e. The van der Waals surface area contributed by atoms with Gasteiger partial charge in [-0.2, -0.15) is 0 Å². The van der Waals surface area contributed by atoms with E-state index in [4.69, 9.17) is 10.7 Å². The fourth-order valence-electron chi connectivity index (χ4n) is 2.02. The van der Waals surface area contributed by atoms with Gasteiger partial charge in [-0.05, 0) is 11.0 Å². The molecule has 0 fully saturated rings. The lowest BCUT2D eigenvalue weighted by Crippen LogP contribution is -2.13. The van der Waals surface area contributed by atoms with Gasteiger partial charge in [0.15, 0.2) is 0 Å². The summed E-state index contributed by atoms with van der Waals surface area (Å²) in [6, 6.07) is 10.3. The van der Waals surface area contributed by atoms with Gasteiger partial charge in [0.2, 0.25) is 0 Å². The summed E-state index contributed by atoms with van der Waals surface area (Å²) >= 11 is 1.75. The number of benzene rings is 1. The first kappa shape index (κ1) is 14.2. The van der Waals surface area contributed by atoms with Crippen molar-refractivity contribution in [1.82, 2.24) is 4.98 Å². The predicted molar refractivity (Wildman–Crippen MR) is 82.3 cm³/mol. The van der Waals surface area contributed by atoms with Crippen LogP contribution in [-0.2, 0) is 12.8 Å². The van der Waals surface area contributed by atoms with Crippen LogP contribution in [0.2, 0.25) is 0 Å². The zero-order valence-corrected chi connectivity index (χ0v) is 12.7. The molecule has 0 radical (unpaired) electrons. The van der Waals surface area contributed by atoms with Gasteiger partial charge in [-0.25, -0.2) is 4.98 Å². The molecule has 1 aromatic carbocycles. The fraction of sp³-hybridized carbons (Fsp3) is 0.438. The van der Waals surface area contributed by atoms with Crippen molar-refractivity contribution in [1.29, 1.82) is 0 Å². The van der Waals surface area contributed by atoms with Crippen molar-refractivity contribution in [3.63, 3.8) is 0 Å². The maximum absolute atomic E-state index is 6.23. The molecule has 0 saturated carbocycles. The first-order chi connectivity index (χ1) is 8.94. The van der Waals surface area contributed by atoms with E-state index in [2.05, 4.69) is 38.3 Å². The largest absolute Gasteiger partial charge is 0.324 e. The summed E-state index contributed by atoms with van der Waals surface area (Å²) in [5.74, 6) is 0. The molecule has 102 valence electrons. The van der Waals surface area contributed by atoms with Crippen LogP contribution in [0, 0.1) is 5.41 Å². The van der Waals surface area contributed by atoms with Crippen molar-refractivity contribution in [2.75, 3.05) is 0 Å². The molecule has 0 aliphatic heterocycles. The molecule has 2 aromatic rings. The molecule has 1 aromatic heterocycles. The summed E-state index contributed by atoms with van der Waals surface area (Å²) in [6.07, 6.45) is 1.84.